The van der Waals surface area contributed by atoms with Crippen molar-refractivity contribution >= 4 is 0 Å². The van der Waals surface area contributed by atoms with Crippen LogP contribution in [0.15, 0.2) is 0 Å². The number of nitrogens with two attached hydrogens (primary N) is 2. The Bertz CT molecular complexity index is 62.5. The van der Waals surface area contributed by atoms with Gasteiger partial charge >= 0.3 is 0 Å². The van der Waals surface area contributed by atoms with Crippen LogP contribution in [0, 0.1) is 6.92 Å². The van der Waals surface area contributed by atoms with Crippen molar-refractivity contribution in [1.82, 2.24) is 0 Å². The van der Waals surface area contributed by atoms with Gasteiger partial charge in [-0.1, -0.05) is 26.2 Å². The monoisotopic (exact) mass is 285 g/mol. The Morgan fingerprint density at radius 2 is 1.06 bits per heavy atom. The van der Waals surface area contributed by atoms with Crippen LogP contribution in [0.1, 0.15) is 45.4 Å². The summed E-state index contributed by atoms with van der Waals surface area (Å²) in [6.07, 6.45) is 7.07. The van der Waals surface area contributed by atoms with Crippen molar-refractivity contribution < 1.29 is 31.9 Å². The molecule has 0 bridgehead atoms. The van der Waals surface area contributed by atoms with Gasteiger partial charge < -0.3 is 28.6 Å². The van der Waals surface area contributed by atoms with Gasteiger partial charge in [-0.15, -0.1) is 0 Å². The molecule has 0 aliphatic rings. The van der Waals surface area contributed by atoms with E-state index in [9.17, 15) is 0 Å². The molecular formula is C12H33N2O2Ti-. The minimum absolute atomic E-state index is 0. The Morgan fingerprint density at radius 1 is 0.824 bits per heavy atom. The van der Waals surface area contributed by atoms with Crippen LogP contribution in [0.5, 0.6) is 0 Å². The van der Waals surface area contributed by atoms with Gasteiger partial charge in [0.25, 0.3) is 0 Å². The molecule has 108 valence electrons. The Hall–Kier alpha value is 0.554. The second-order valence-electron chi connectivity index (χ2n) is 2.85. The number of aliphatic hydroxyl groups is 2. The largest absolute Gasteiger partial charge is 0.400 e. The van der Waals surface area contributed by atoms with Crippen molar-refractivity contribution in [3.05, 3.63) is 6.92 Å². The molecule has 0 aromatic heterocycles. The second kappa shape index (κ2) is 54.7. The predicted octanol–water partition coefficient (Wildman–Crippen LogP) is 1.30. The third-order valence-electron chi connectivity index (χ3n) is 1.51. The second-order valence-corrected chi connectivity index (χ2v) is 2.85. The maximum absolute atomic E-state index is 7.00. The molecule has 0 saturated heterocycles. The van der Waals surface area contributed by atoms with Gasteiger partial charge in [0.15, 0.2) is 0 Å². The number of aliphatic hydroxyl groups excluding tert-OH is 2. The van der Waals surface area contributed by atoms with Crippen LogP contribution in [0.3, 0.4) is 0 Å². The Labute approximate surface area is 123 Å². The molecule has 0 aromatic carbocycles. The fourth-order valence-electron chi connectivity index (χ4n) is 0.642. The van der Waals surface area contributed by atoms with E-state index in [1.807, 2.05) is 0 Å². The fourth-order valence-corrected chi connectivity index (χ4v) is 0.642. The molecule has 0 aliphatic carbocycles. The summed E-state index contributed by atoms with van der Waals surface area (Å²) >= 11 is 0. The zero-order valence-electron chi connectivity index (χ0n) is 11.9. The van der Waals surface area contributed by atoms with Crippen molar-refractivity contribution in [2.24, 2.45) is 11.5 Å². The zero-order chi connectivity index (χ0) is 13.7. The summed E-state index contributed by atoms with van der Waals surface area (Å²) < 4.78 is 0. The van der Waals surface area contributed by atoms with E-state index in [2.05, 4.69) is 13.8 Å². The van der Waals surface area contributed by atoms with Gasteiger partial charge in [0.2, 0.25) is 0 Å². The van der Waals surface area contributed by atoms with E-state index in [1.54, 1.807) is 0 Å². The summed E-state index contributed by atoms with van der Waals surface area (Å²) in [5.74, 6) is 0. The maximum Gasteiger partial charge on any atom is 0.0319 e. The van der Waals surface area contributed by atoms with E-state index in [0.717, 1.165) is 46.6 Å². The summed E-state index contributed by atoms with van der Waals surface area (Å²) in [4.78, 5) is 0. The Kier molecular flexibility index (Phi) is 98.3. The van der Waals surface area contributed by atoms with Gasteiger partial charge in [-0.2, -0.15) is 6.42 Å². The number of rotatable bonds is 6. The normalized spacial score (nSPS) is 7.06. The first-order valence-electron chi connectivity index (χ1n) is 5.92. The van der Waals surface area contributed by atoms with Crippen LogP contribution in [0.25, 0.3) is 0 Å². The van der Waals surface area contributed by atoms with Crippen LogP contribution in [0.2, 0.25) is 0 Å². The van der Waals surface area contributed by atoms with Gasteiger partial charge in [0, 0.05) is 35.9 Å². The molecule has 0 aromatic rings. The van der Waals surface area contributed by atoms with E-state index < -0.39 is 0 Å². The summed E-state index contributed by atoms with van der Waals surface area (Å²) in [6, 6.07) is 0. The van der Waals surface area contributed by atoms with Crippen LogP contribution in [-0.2, 0) is 21.7 Å². The first-order valence-corrected chi connectivity index (χ1v) is 5.92. The third-order valence-corrected chi connectivity index (χ3v) is 1.51. The number of hydrogen-bond acceptors (Lipinski definition) is 4. The Morgan fingerprint density at radius 3 is 1.18 bits per heavy atom. The standard InChI is InChI=1S/C6H16N2.C4H9.2CH4O.Ti/c7-5-3-1-2-4-6-8;1-3-4-2;2*1-2;/h1-8H2;1,3-4H2,2H3;2*2H,1H3;/q;-1;;;. The summed E-state index contributed by atoms with van der Waals surface area (Å²) in [5, 5.41) is 14.0. The average Bonchev–Trinajstić information content (AvgIpc) is 2.40. The van der Waals surface area contributed by atoms with Crippen molar-refractivity contribution in [2.45, 2.75) is 45.4 Å². The van der Waals surface area contributed by atoms with Crippen LogP contribution in [-0.4, -0.2) is 37.5 Å². The topological polar surface area (TPSA) is 92.5 Å². The molecule has 0 radical (unpaired) electrons. The molecule has 0 heterocycles. The molecule has 0 saturated carbocycles. The molecule has 0 atom stereocenters. The molecule has 5 heteroatoms. The molecule has 6 N–H and O–H groups in total. The van der Waals surface area contributed by atoms with Crippen molar-refractivity contribution in [1.29, 1.82) is 0 Å². The first kappa shape index (κ1) is 30.5. The summed E-state index contributed by atoms with van der Waals surface area (Å²) in [6.45, 7) is 7.37. The van der Waals surface area contributed by atoms with Crippen molar-refractivity contribution in [3.63, 3.8) is 0 Å². The summed E-state index contributed by atoms with van der Waals surface area (Å²) in [7, 11) is 2.00. The van der Waals surface area contributed by atoms with Crippen LogP contribution in [0.4, 0.5) is 0 Å². The van der Waals surface area contributed by atoms with Crippen molar-refractivity contribution in [3.8, 4) is 0 Å². The first-order chi connectivity index (χ1) is 7.83. The van der Waals surface area contributed by atoms with E-state index in [4.69, 9.17) is 21.7 Å². The van der Waals surface area contributed by atoms with Gasteiger partial charge in [-0.25, -0.2) is 0 Å². The fraction of sp³-hybridized carbons (Fsp3) is 0.917. The molecule has 4 nitrogen and oxygen atoms in total. The van der Waals surface area contributed by atoms with Gasteiger partial charge in [0.1, 0.15) is 0 Å². The average molecular weight is 285 g/mol. The SMILES string of the molecule is CO.CO.NCCCCCCN.[CH2-]CCC.[Ti]. The van der Waals surface area contributed by atoms with Crippen molar-refractivity contribution in [2.75, 3.05) is 27.3 Å². The predicted molar refractivity (Wildman–Crippen MR) is 73.1 cm³/mol. The molecule has 0 aliphatic heterocycles. The quantitative estimate of drug-likeness (QED) is 0.336. The molecule has 0 unspecified atom stereocenters. The molecule has 0 fully saturated rings. The van der Waals surface area contributed by atoms with E-state index in [1.165, 1.54) is 19.3 Å². The van der Waals surface area contributed by atoms with Gasteiger partial charge in [-0.3, -0.25) is 0 Å². The molecule has 0 rings (SSSR count). The molecular weight excluding hydrogens is 252 g/mol. The van der Waals surface area contributed by atoms with Crippen LogP contribution >= 0.6 is 0 Å². The number of hydrogen-bond donors (Lipinski definition) is 4. The van der Waals surface area contributed by atoms with Crippen LogP contribution < -0.4 is 11.5 Å². The maximum atomic E-state index is 7.00. The van der Waals surface area contributed by atoms with E-state index in [0.29, 0.717) is 0 Å². The molecule has 0 spiro atoms. The minimum Gasteiger partial charge on any atom is -0.400 e. The van der Waals surface area contributed by atoms with Gasteiger partial charge in [-0.05, 0) is 25.9 Å². The van der Waals surface area contributed by atoms with E-state index in [-0.39, 0.29) is 21.7 Å². The molecule has 17 heavy (non-hydrogen) atoms. The molecule has 0 amide bonds. The minimum atomic E-state index is 0. The third kappa shape index (κ3) is 81.6. The van der Waals surface area contributed by atoms with E-state index >= 15 is 0 Å². The number of unbranched alkanes of at least 4 members (excludes halogenated alkanes) is 4. The smallest absolute Gasteiger partial charge is 0.0319 e. The summed E-state index contributed by atoms with van der Waals surface area (Å²) in [5.41, 5.74) is 10.6. The Balaban J connectivity index is -0.0000000457. The van der Waals surface area contributed by atoms with Gasteiger partial charge in [0.05, 0.1) is 0 Å². The zero-order valence-corrected chi connectivity index (χ0v) is 13.5.